The summed E-state index contributed by atoms with van der Waals surface area (Å²) in [5.74, 6) is 0.759. The molecule has 1 heterocycles. The number of aryl methyl sites for hydroxylation is 1. The number of hydrogen-bond donors (Lipinski definition) is 0. The summed E-state index contributed by atoms with van der Waals surface area (Å²) in [6.45, 7) is 6.14. The number of carbonyl (C=O) groups excluding carboxylic acids is 1. The molecule has 0 aromatic heterocycles. The monoisotopic (exact) mass is 383 g/mol. The number of thioether (sulfide) groups is 1. The van der Waals surface area contributed by atoms with E-state index in [1.807, 2.05) is 68.5 Å². The van der Waals surface area contributed by atoms with Crippen LogP contribution < -0.4 is 9.64 Å². The maximum atomic E-state index is 12.8. The minimum absolute atomic E-state index is 0.0782. The molecule has 0 saturated carbocycles. The van der Waals surface area contributed by atoms with Gasteiger partial charge in [0.1, 0.15) is 5.75 Å². The van der Waals surface area contributed by atoms with E-state index in [0.29, 0.717) is 9.23 Å². The van der Waals surface area contributed by atoms with Gasteiger partial charge in [0.05, 0.1) is 16.7 Å². The maximum absolute atomic E-state index is 12.8. The molecule has 0 unspecified atom stereocenters. The molecule has 0 aliphatic carbocycles. The van der Waals surface area contributed by atoms with Gasteiger partial charge in [0, 0.05) is 0 Å². The van der Waals surface area contributed by atoms with E-state index in [1.54, 1.807) is 4.90 Å². The third-order valence-corrected chi connectivity index (χ3v) is 5.45. The van der Waals surface area contributed by atoms with E-state index in [1.165, 1.54) is 11.8 Å². The van der Waals surface area contributed by atoms with E-state index >= 15 is 0 Å². The van der Waals surface area contributed by atoms with Crippen molar-refractivity contribution in [2.24, 2.45) is 0 Å². The molecule has 1 fully saturated rings. The van der Waals surface area contributed by atoms with Crippen LogP contribution in [-0.4, -0.2) is 16.3 Å². The van der Waals surface area contributed by atoms with E-state index in [0.717, 1.165) is 29.0 Å². The van der Waals surface area contributed by atoms with Crippen LogP contribution in [-0.2, 0) is 4.79 Å². The van der Waals surface area contributed by atoms with Gasteiger partial charge in [-0.2, -0.15) is 0 Å². The van der Waals surface area contributed by atoms with Gasteiger partial charge in [-0.3, -0.25) is 9.69 Å². The third kappa shape index (κ3) is 4.17. The molecule has 2 aromatic rings. The zero-order chi connectivity index (χ0) is 18.7. The van der Waals surface area contributed by atoms with Crippen molar-refractivity contribution in [3.05, 3.63) is 64.6 Å². The lowest BCUT2D eigenvalue weighted by Gasteiger charge is -2.14. The van der Waals surface area contributed by atoms with E-state index in [9.17, 15) is 4.79 Å². The summed E-state index contributed by atoms with van der Waals surface area (Å²) in [6, 6.07) is 15.6. The first-order chi connectivity index (χ1) is 12.5. The van der Waals surface area contributed by atoms with Gasteiger partial charge < -0.3 is 4.74 Å². The quantitative estimate of drug-likeness (QED) is 0.498. The van der Waals surface area contributed by atoms with Crippen molar-refractivity contribution in [3.63, 3.8) is 0 Å². The van der Waals surface area contributed by atoms with Crippen molar-refractivity contribution in [2.45, 2.75) is 33.3 Å². The van der Waals surface area contributed by atoms with Gasteiger partial charge in [-0.15, -0.1) is 0 Å². The van der Waals surface area contributed by atoms with Crippen molar-refractivity contribution >= 4 is 46.0 Å². The standard InChI is InChI=1S/C21H21NO2S2/c1-4-15(3)24-18-10-8-16(9-11-18)13-19-20(23)22(21(25)26-19)17-7-5-6-14(2)12-17/h5-13,15H,4H2,1-3H3/b19-13+/t15-/m1/s1. The van der Waals surface area contributed by atoms with Crippen LogP contribution in [0.25, 0.3) is 6.08 Å². The lowest BCUT2D eigenvalue weighted by molar-refractivity contribution is -0.113. The van der Waals surface area contributed by atoms with Gasteiger partial charge in [-0.05, 0) is 61.7 Å². The Labute approximate surface area is 164 Å². The summed E-state index contributed by atoms with van der Waals surface area (Å²) >= 11 is 6.76. The van der Waals surface area contributed by atoms with Gasteiger partial charge in [0.25, 0.3) is 5.91 Å². The second kappa shape index (κ2) is 8.06. The number of carbonyl (C=O) groups is 1. The predicted octanol–water partition coefficient (Wildman–Crippen LogP) is 5.58. The lowest BCUT2D eigenvalue weighted by Crippen LogP contribution is -2.27. The van der Waals surface area contributed by atoms with Crippen LogP contribution in [0.5, 0.6) is 5.75 Å². The number of benzene rings is 2. The SMILES string of the molecule is CC[C@@H](C)Oc1ccc(/C=C2/SC(=S)N(c3cccc(C)c3)C2=O)cc1. The highest BCUT2D eigenvalue weighted by Crippen LogP contribution is 2.36. The van der Waals surface area contributed by atoms with Gasteiger partial charge in [0.2, 0.25) is 0 Å². The summed E-state index contributed by atoms with van der Waals surface area (Å²) in [6.07, 6.45) is 3.03. The smallest absolute Gasteiger partial charge is 0.270 e. The Bertz CT molecular complexity index is 859. The molecule has 2 aromatic carbocycles. The Kier molecular flexibility index (Phi) is 5.79. The zero-order valence-electron chi connectivity index (χ0n) is 15.1. The Morgan fingerprint density at radius 1 is 1.23 bits per heavy atom. The maximum Gasteiger partial charge on any atom is 0.270 e. The summed E-state index contributed by atoms with van der Waals surface area (Å²) in [4.78, 5) is 15.0. The highest BCUT2D eigenvalue weighted by atomic mass is 32.2. The third-order valence-electron chi connectivity index (χ3n) is 4.14. The van der Waals surface area contributed by atoms with Crippen LogP contribution in [0.4, 0.5) is 5.69 Å². The largest absolute Gasteiger partial charge is 0.491 e. The Morgan fingerprint density at radius 2 is 1.96 bits per heavy atom. The number of amides is 1. The topological polar surface area (TPSA) is 29.5 Å². The first-order valence-corrected chi connectivity index (χ1v) is 9.81. The molecule has 1 amide bonds. The molecule has 5 heteroatoms. The zero-order valence-corrected chi connectivity index (χ0v) is 16.7. The summed E-state index contributed by atoms with van der Waals surface area (Å²) in [7, 11) is 0. The van der Waals surface area contributed by atoms with Crippen LogP contribution in [0.1, 0.15) is 31.4 Å². The highest BCUT2D eigenvalue weighted by molar-refractivity contribution is 8.27. The number of thiocarbonyl (C=S) groups is 1. The molecule has 1 saturated heterocycles. The number of anilines is 1. The van der Waals surface area contributed by atoms with Crippen molar-refractivity contribution in [3.8, 4) is 5.75 Å². The van der Waals surface area contributed by atoms with Crippen molar-refractivity contribution in [1.29, 1.82) is 0 Å². The van der Waals surface area contributed by atoms with Crippen LogP contribution in [0.3, 0.4) is 0 Å². The van der Waals surface area contributed by atoms with Gasteiger partial charge in [0.15, 0.2) is 4.32 Å². The molecule has 1 aliphatic heterocycles. The summed E-state index contributed by atoms with van der Waals surface area (Å²) < 4.78 is 6.35. The summed E-state index contributed by atoms with van der Waals surface area (Å²) in [5, 5.41) is 0. The Hall–Kier alpha value is -2.11. The average Bonchev–Trinajstić information content (AvgIpc) is 2.90. The van der Waals surface area contributed by atoms with E-state index < -0.39 is 0 Å². The molecule has 0 radical (unpaired) electrons. The molecule has 0 spiro atoms. The normalized spacial score (nSPS) is 17.0. The van der Waals surface area contributed by atoms with E-state index in [-0.39, 0.29) is 12.0 Å². The van der Waals surface area contributed by atoms with Crippen LogP contribution in [0.15, 0.2) is 53.4 Å². The second-order valence-electron chi connectivity index (χ2n) is 6.26. The number of rotatable bonds is 5. The number of nitrogens with zero attached hydrogens (tertiary/aromatic N) is 1. The van der Waals surface area contributed by atoms with E-state index in [2.05, 4.69) is 6.92 Å². The van der Waals surface area contributed by atoms with Crippen molar-refractivity contribution < 1.29 is 9.53 Å². The molecule has 26 heavy (non-hydrogen) atoms. The number of hydrogen-bond acceptors (Lipinski definition) is 4. The van der Waals surface area contributed by atoms with Gasteiger partial charge >= 0.3 is 0 Å². The Morgan fingerprint density at radius 3 is 2.62 bits per heavy atom. The summed E-state index contributed by atoms with van der Waals surface area (Å²) in [5.41, 5.74) is 2.86. The fourth-order valence-corrected chi connectivity index (χ4v) is 3.87. The van der Waals surface area contributed by atoms with Crippen LogP contribution in [0, 0.1) is 6.92 Å². The molecule has 134 valence electrons. The molecule has 1 aliphatic rings. The predicted molar refractivity (Wildman–Crippen MR) is 114 cm³/mol. The van der Waals surface area contributed by atoms with Crippen LogP contribution >= 0.6 is 24.0 Å². The minimum atomic E-state index is -0.0782. The minimum Gasteiger partial charge on any atom is -0.491 e. The highest BCUT2D eigenvalue weighted by Gasteiger charge is 2.33. The molecule has 0 N–H and O–H groups in total. The van der Waals surface area contributed by atoms with Crippen molar-refractivity contribution in [2.75, 3.05) is 4.90 Å². The molecule has 0 bridgehead atoms. The molecule has 3 rings (SSSR count). The fourth-order valence-electron chi connectivity index (χ4n) is 2.57. The lowest BCUT2D eigenvalue weighted by atomic mass is 10.2. The first kappa shape index (κ1) is 18.7. The van der Waals surface area contributed by atoms with E-state index in [4.69, 9.17) is 17.0 Å². The molecular weight excluding hydrogens is 362 g/mol. The molecule has 1 atom stereocenters. The molecular formula is C21H21NO2S2. The number of ether oxygens (including phenoxy) is 1. The average molecular weight is 384 g/mol. The first-order valence-electron chi connectivity index (χ1n) is 8.59. The van der Waals surface area contributed by atoms with Crippen LogP contribution in [0.2, 0.25) is 0 Å². The van der Waals surface area contributed by atoms with Gasteiger partial charge in [-0.1, -0.05) is 55.2 Å². The van der Waals surface area contributed by atoms with Crippen molar-refractivity contribution in [1.82, 2.24) is 0 Å². The van der Waals surface area contributed by atoms with Gasteiger partial charge in [-0.25, -0.2) is 0 Å². The Balaban J connectivity index is 1.79. The fraction of sp³-hybridized carbons (Fsp3) is 0.238. The molecule has 3 nitrogen and oxygen atoms in total. The second-order valence-corrected chi connectivity index (χ2v) is 7.94.